The molecule has 122 valence electrons. The molecule has 1 saturated heterocycles. The fourth-order valence-electron chi connectivity index (χ4n) is 1.61. The van der Waals surface area contributed by atoms with Crippen molar-refractivity contribution in [1.29, 1.82) is 0 Å². The lowest BCUT2D eigenvalue weighted by molar-refractivity contribution is -0.456. The van der Waals surface area contributed by atoms with Crippen LogP contribution in [0.4, 0.5) is 30.7 Å². The Balaban J connectivity index is 3.38. The number of hydrogen-bond donors (Lipinski definition) is 1. The smallest absolute Gasteiger partial charge is 0.420 e. The van der Waals surface area contributed by atoms with Gasteiger partial charge in [-0.1, -0.05) is 6.58 Å². The fraction of sp³-hybridized carbons (Fsp3) is 0.700. The van der Waals surface area contributed by atoms with Gasteiger partial charge in [-0.15, -0.1) is 0 Å². The molecule has 21 heavy (non-hydrogen) atoms. The second-order valence-corrected chi connectivity index (χ2v) is 4.34. The van der Waals surface area contributed by atoms with Crippen LogP contribution >= 0.6 is 0 Å². The van der Waals surface area contributed by atoms with E-state index in [2.05, 4.69) is 16.1 Å². The van der Waals surface area contributed by atoms with E-state index in [1.807, 2.05) is 0 Å². The third-order valence-corrected chi connectivity index (χ3v) is 2.69. The molecule has 0 amide bonds. The molecular weight excluding hydrogens is 317 g/mol. The summed E-state index contributed by atoms with van der Waals surface area (Å²) in [5.41, 5.74) is 0. The first kappa shape index (κ1) is 17.7. The average molecular weight is 326 g/mol. The van der Waals surface area contributed by atoms with Gasteiger partial charge >= 0.3 is 24.0 Å². The van der Waals surface area contributed by atoms with Crippen LogP contribution in [0.5, 0.6) is 0 Å². The number of carbonyl (C=O) groups is 1. The van der Waals surface area contributed by atoms with Gasteiger partial charge in [0.25, 0.3) is 0 Å². The predicted molar refractivity (Wildman–Crippen MR) is 51.5 cm³/mol. The number of ether oxygens (including phenoxy) is 2. The van der Waals surface area contributed by atoms with Gasteiger partial charge in [-0.3, -0.25) is 0 Å². The standard InChI is InChI=1S/C10H9F7O4/c1-3-4(18)20-5-8(11,12)6(10(15,16)17)21-7(2,19)9(5,13)14/h3,5-6,19H,1H2,2H3. The normalized spacial score (nSPS) is 35.1. The quantitative estimate of drug-likeness (QED) is 0.479. The number of rotatable bonds is 2. The van der Waals surface area contributed by atoms with Crippen molar-refractivity contribution in [3.8, 4) is 0 Å². The van der Waals surface area contributed by atoms with E-state index in [-0.39, 0.29) is 13.0 Å². The summed E-state index contributed by atoms with van der Waals surface area (Å²) in [6.07, 6.45) is -13.5. The van der Waals surface area contributed by atoms with Gasteiger partial charge in [0.05, 0.1) is 0 Å². The SMILES string of the molecule is C=CC(=O)OC1C(F)(F)C(C(F)(F)F)OC(C)(O)C1(F)F. The largest absolute Gasteiger partial charge is 0.446 e. The van der Waals surface area contributed by atoms with E-state index < -0.39 is 42.0 Å². The van der Waals surface area contributed by atoms with Crippen LogP contribution in [0.1, 0.15) is 6.92 Å². The number of hydrogen-bond acceptors (Lipinski definition) is 4. The van der Waals surface area contributed by atoms with E-state index in [4.69, 9.17) is 0 Å². The summed E-state index contributed by atoms with van der Waals surface area (Å²) >= 11 is 0. The van der Waals surface area contributed by atoms with Crippen LogP contribution in [0.2, 0.25) is 0 Å². The minimum absolute atomic E-state index is 0.0513. The third-order valence-electron chi connectivity index (χ3n) is 2.69. The average Bonchev–Trinajstić information content (AvgIpc) is 2.29. The Hall–Kier alpha value is -1.36. The van der Waals surface area contributed by atoms with Crippen molar-refractivity contribution >= 4 is 5.97 Å². The maximum atomic E-state index is 13.7. The summed E-state index contributed by atoms with van der Waals surface area (Å²) in [5.74, 6) is -16.1. The molecule has 11 heteroatoms. The van der Waals surface area contributed by atoms with E-state index in [0.29, 0.717) is 0 Å². The van der Waals surface area contributed by atoms with Crippen molar-refractivity contribution in [3.05, 3.63) is 12.7 Å². The summed E-state index contributed by atoms with van der Waals surface area (Å²) in [7, 11) is 0. The monoisotopic (exact) mass is 326 g/mol. The highest BCUT2D eigenvalue weighted by Gasteiger charge is 2.78. The highest BCUT2D eigenvalue weighted by Crippen LogP contribution is 2.52. The second kappa shape index (κ2) is 4.83. The van der Waals surface area contributed by atoms with E-state index in [9.17, 15) is 40.6 Å². The van der Waals surface area contributed by atoms with Crippen molar-refractivity contribution < 1.29 is 50.1 Å². The zero-order chi connectivity index (χ0) is 16.9. The summed E-state index contributed by atoms with van der Waals surface area (Å²) in [6, 6.07) is 0. The molecule has 0 spiro atoms. The van der Waals surface area contributed by atoms with Crippen LogP contribution in [0, 0.1) is 0 Å². The lowest BCUT2D eigenvalue weighted by atomic mass is 9.90. The summed E-state index contributed by atoms with van der Waals surface area (Å²) in [5, 5.41) is 9.20. The first-order valence-corrected chi connectivity index (χ1v) is 5.23. The summed E-state index contributed by atoms with van der Waals surface area (Å²) < 4.78 is 99.1. The number of carbonyl (C=O) groups excluding carboxylic acids is 1. The van der Waals surface area contributed by atoms with Gasteiger partial charge in [0.1, 0.15) is 0 Å². The van der Waals surface area contributed by atoms with Crippen molar-refractivity contribution in [1.82, 2.24) is 0 Å². The first-order valence-electron chi connectivity index (χ1n) is 5.23. The molecule has 4 nitrogen and oxygen atoms in total. The lowest BCUT2D eigenvalue weighted by Gasteiger charge is -2.48. The fourth-order valence-corrected chi connectivity index (χ4v) is 1.61. The first-order chi connectivity index (χ1) is 9.18. The van der Waals surface area contributed by atoms with Crippen LogP contribution in [0.25, 0.3) is 0 Å². The topological polar surface area (TPSA) is 55.8 Å². The molecule has 0 bridgehead atoms. The molecule has 3 atom stereocenters. The molecule has 0 aromatic rings. The lowest BCUT2D eigenvalue weighted by Crippen LogP contribution is -2.73. The van der Waals surface area contributed by atoms with Gasteiger partial charge in [-0.25, -0.2) is 4.79 Å². The maximum Gasteiger partial charge on any atom is 0.420 e. The molecule has 0 aliphatic carbocycles. The Morgan fingerprint density at radius 2 is 1.81 bits per heavy atom. The Morgan fingerprint density at radius 1 is 1.33 bits per heavy atom. The number of aliphatic hydroxyl groups is 1. The minimum Gasteiger partial charge on any atom is -0.446 e. The zero-order valence-electron chi connectivity index (χ0n) is 10.3. The second-order valence-electron chi connectivity index (χ2n) is 4.34. The van der Waals surface area contributed by atoms with E-state index in [0.717, 1.165) is 0 Å². The third kappa shape index (κ3) is 2.84. The van der Waals surface area contributed by atoms with Crippen molar-refractivity contribution in [2.75, 3.05) is 0 Å². The summed E-state index contributed by atoms with van der Waals surface area (Å²) in [4.78, 5) is 10.8. The van der Waals surface area contributed by atoms with E-state index in [1.54, 1.807) is 0 Å². The molecule has 1 aliphatic rings. The highest BCUT2D eigenvalue weighted by molar-refractivity contribution is 5.81. The van der Waals surface area contributed by atoms with Crippen LogP contribution in [-0.4, -0.2) is 47.1 Å². The zero-order valence-corrected chi connectivity index (χ0v) is 10.3. The molecule has 0 radical (unpaired) electrons. The predicted octanol–water partition coefficient (Wildman–Crippen LogP) is 2.02. The van der Waals surface area contributed by atoms with Crippen molar-refractivity contribution in [3.63, 3.8) is 0 Å². The van der Waals surface area contributed by atoms with Crippen LogP contribution in [0.3, 0.4) is 0 Å². The number of halogens is 7. The maximum absolute atomic E-state index is 13.7. The van der Waals surface area contributed by atoms with Gasteiger partial charge in [0, 0.05) is 6.08 Å². The highest BCUT2D eigenvalue weighted by atomic mass is 19.4. The molecule has 1 fully saturated rings. The molecular formula is C10H9F7O4. The summed E-state index contributed by atoms with van der Waals surface area (Å²) in [6.45, 7) is 2.80. The molecule has 0 saturated carbocycles. The molecule has 0 aromatic carbocycles. The van der Waals surface area contributed by atoms with Crippen LogP contribution in [-0.2, 0) is 14.3 Å². The molecule has 1 rings (SSSR count). The van der Waals surface area contributed by atoms with Gasteiger partial charge in [-0.05, 0) is 6.92 Å². The molecule has 3 unspecified atom stereocenters. The van der Waals surface area contributed by atoms with Gasteiger partial charge in [0.15, 0.2) is 0 Å². The van der Waals surface area contributed by atoms with Gasteiger partial charge < -0.3 is 14.6 Å². The van der Waals surface area contributed by atoms with Crippen LogP contribution in [0.15, 0.2) is 12.7 Å². The van der Waals surface area contributed by atoms with Crippen molar-refractivity contribution in [2.24, 2.45) is 0 Å². The Labute approximate surface area is 113 Å². The van der Waals surface area contributed by atoms with Crippen molar-refractivity contribution in [2.45, 2.75) is 42.9 Å². The van der Waals surface area contributed by atoms with Crippen LogP contribution < -0.4 is 0 Å². The van der Waals surface area contributed by atoms with Gasteiger partial charge in [0.2, 0.25) is 18.0 Å². The molecule has 1 aliphatic heterocycles. The number of alkyl halides is 7. The molecule has 1 heterocycles. The minimum atomic E-state index is -5.79. The van der Waals surface area contributed by atoms with E-state index in [1.165, 1.54) is 0 Å². The molecule has 0 aromatic heterocycles. The number of esters is 1. The Morgan fingerprint density at radius 3 is 2.19 bits per heavy atom. The van der Waals surface area contributed by atoms with Gasteiger partial charge in [-0.2, -0.15) is 30.7 Å². The Bertz CT molecular complexity index is 443. The van der Waals surface area contributed by atoms with E-state index >= 15 is 0 Å². The Kier molecular flexibility index (Phi) is 4.07. The molecule has 1 N–H and O–H groups in total.